The molecule has 1 heterocycles. The zero-order valence-electron chi connectivity index (χ0n) is 10.9. The second-order valence-electron chi connectivity index (χ2n) is 5.08. The number of anilines is 1. The first-order valence-corrected chi connectivity index (χ1v) is 8.05. The van der Waals surface area contributed by atoms with Gasteiger partial charge in [0.25, 0.3) is 0 Å². The molecule has 0 spiro atoms. The minimum absolute atomic E-state index is 0.652. The van der Waals surface area contributed by atoms with Crippen molar-refractivity contribution in [1.29, 1.82) is 0 Å². The lowest BCUT2D eigenvalue weighted by Gasteiger charge is -2.38. The second-order valence-corrected chi connectivity index (χ2v) is 5.87. The first-order chi connectivity index (χ1) is 9.40. The minimum Gasteiger partial charge on any atom is -0.352 e. The number of hydrogen-bond donors (Lipinski definition) is 0. The highest BCUT2D eigenvalue weighted by Gasteiger charge is 2.26. The number of benzene rings is 1. The fourth-order valence-corrected chi connectivity index (χ4v) is 2.87. The van der Waals surface area contributed by atoms with E-state index in [1.165, 1.54) is 30.0 Å². The van der Waals surface area contributed by atoms with Gasteiger partial charge in [0.1, 0.15) is 0 Å². The van der Waals surface area contributed by atoms with Gasteiger partial charge < -0.3 is 4.90 Å². The quantitative estimate of drug-likeness (QED) is 0.785. The van der Waals surface area contributed by atoms with Crippen LogP contribution in [0.25, 0.3) is 10.8 Å². The summed E-state index contributed by atoms with van der Waals surface area (Å²) in [5.41, 5.74) is 0. The van der Waals surface area contributed by atoms with Crippen LogP contribution in [-0.2, 0) is 0 Å². The van der Waals surface area contributed by atoms with Crippen molar-refractivity contribution in [3.8, 4) is 0 Å². The SMILES string of the molecule is BrCCCN(c1nncc2ccccc12)C1CCC1. The van der Waals surface area contributed by atoms with E-state index in [-0.39, 0.29) is 0 Å². The second kappa shape index (κ2) is 5.87. The van der Waals surface area contributed by atoms with Gasteiger partial charge in [-0.2, -0.15) is 5.10 Å². The molecule has 0 N–H and O–H groups in total. The van der Waals surface area contributed by atoms with E-state index in [1.807, 2.05) is 6.20 Å². The molecular weight excluding hydrogens is 302 g/mol. The summed E-state index contributed by atoms with van der Waals surface area (Å²) < 4.78 is 0. The predicted molar refractivity (Wildman–Crippen MR) is 82.9 cm³/mol. The molecule has 1 fully saturated rings. The van der Waals surface area contributed by atoms with Gasteiger partial charge in [0.2, 0.25) is 0 Å². The molecule has 1 aromatic carbocycles. The molecule has 3 rings (SSSR count). The van der Waals surface area contributed by atoms with E-state index in [0.717, 1.165) is 24.1 Å². The van der Waals surface area contributed by atoms with Crippen molar-refractivity contribution in [2.24, 2.45) is 0 Å². The van der Waals surface area contributed by atoms with E-state index in [4.69, 9.17) is 0 Å². The molecule has 1 aliphatic carbocycles. The maximum atomic E-state index is 4.42. The molecule has 2 aromatic rings. The summed E-state index contributed by atoms with van der Waals surface area (Å²) >= 11 is 3.53. The molecule has 4 heteroatoms. The van der Waals surface area contributed by atoms with Crippen molar-refractivity contribution in [1.82, 2.24) is 10.2 Å². The highest BCUT2D eigenvalue weighted by atomic mass is 79.9. The topological polar surface area (TPSA) is 29.0 Å². The molecule has 1 aliphatic rings. The van der Waals surface area contributed by atoms with Crippen molar-refractivity contribution >= 4 is 32.5 Å². The van der Waals surface area contributed by atoms with Gasteiger partial charge in [0.15, 0.2) is 5.82 Å². The minimum atomic E-state index is 0.652. The monoisotopic (exact) mass is 319 g/mol. The van der Waals surface area contributed by atoms with E-state index >= 15 is 0 Å². The number of alkyl halides is 1. The van der Waals surface area contributed by atoms with Crippen LogP contribution in [0.5, 0.6) is 0 Å². The summed E-state index contributed by atoms with van der Waals surface area (Å²) in [6.45, 7) is 1.05. The van der Waals surface area contributed by atoms with Gasteiger partial charge in [-0.3, -0.25) is 0 Å². The molecule has 0 bridgehead atoms. The van der Waals surface area contributed by atoms with Crippen LogP contribution in [0.1, 0.15) is 25.7 Å². The molecule has 3 nitrogen and oxygen atoms in total. The van der Waals surface area contributed by atoms with Crippen molar-refractivity contribution in [2.45, 2.75) is 31.7 Å². The van der Waals surface area contributed by atoms with E-state index in [0.29, 0.717) is 6.04 Å². The third-order valence-corrected chi connectivity index (χ3v) is 4.43. The Labute approximate surface area is 122 Å². The first-order valence-electron chi connectivity index (χ1n) is 6.93. The van der Waals surface area contributed by atoms with Crippen LogP contribution >= 0.6 is 15.9 Å². The Balaban J connectivity index is 1.98. The Bertz CT molecular complexity index is 549. The number of rotatable bonds is 5. The summed E-state index contributed by atoms with van der Waals surface area (Å²) in [4.78, 5) is 2.46. The van der Waals surface area contributed by atoms with Crippen LogP contribution in [0.3, 0.4) is 0 Å². The van der Waals surface area contributed by atoms with Gasteiger partial charge in [-0.15, -0.1) is 5.10 Å². The largest absolute Gasteiger partial charge is 0.352 e. The summed E-state index contributed by atoms with van der Waals surface area (Å²) in [6.07, 6.45) is 6.90. The van der Waals surface area contributed by atoms with E-state index in [1.54, 1.807) is 0 Å². The molecule has 1 saturated carbocycles. The van der Waals surface area contributed by atoms with E-state index in [2.05, 4.69) is 55.3 Å². The van der Waals surface area contributed by atoms with Gasteiger partial charge in [-0.05, 0) is 25.7 Å². The fraction of sp³-hybridized carbons (Fsp3) is 0.467. The van der Waals surface area contributed by atoms with Crippen LogP contribution in [0, 0.1) is 0 Å². The average Bonchev–Trinajstić information content (AvgIpc) is 2.41. The average molecular weight is 320 g/mol. The van der Waals surface area contributed by atoms with Crippen molar-refractivity contribution < 1.29 is 0 Å². The lowest BCUT2D eigenvalue weighted by Crippen LogP contribution is -2.41. The third kappa shape index (κ3) is 2.59. The molecule has 100 valence electrons. The highest BCUT2D eigenvalue weighted by Crippen LogP contribution is 2.32. The van der Waals surface area contributed by atoms with Gasteiger partial charge in [0.05, 0.1) is 6.20 Å². The molecule has 0 amide bonds. The number of nitrogens with zero attached hydrogens (tertiary/aromatic N) is 3. The molecule has 0 saturated heterocycles. The summed E-state index contributed by atoms with van der Waals surface area (Å²) in [7, 11) is 0. The lowest BCUT2D eigenvalue weighted by molar-refractivity contribution is 0.384. The Morgan fingerprint density at radius 1 is 1.26 bits per heavy atom. The normalized spacial score (nSPS) is 15.4. The van der Waals surface area contributed by atoms with Crippen molar-refractivity contribution in [3.63, 3.8) is 0 Å². The van der Waals surface area contributed by atoms with Crippen LogP contribution in [0.2, 0.25) is 0 Å². The van der Waals surface area contributed by atoms with E-state index < -0.39 is 0 Å². The van der Waals surface area contributed by atoms with Crippen molar-refractivity contribution in [3.05, 3.63) is 30.5 Å². The third-order valence-electron chi connectivity index (χ3n) is 3.87. The Kier molecular flexibility index (Phi) is 3.97. The van der Waals surface area contributed by atoms with E-state index in [9.17, 15) is 0 Å². The predicted octanol–water partition coefficient (Wildman–Crippen LogP) is 3.77. The fourth-order valence-electron chi connectivity index (χ4n) is 2.61. The molecule has 19 heavy (non-hydrogen) atoms. The van der Waals surface area contributed by atoms with Crippen LogP contribution in [0.15, 0.2) is 30.5 Å². The Hall–Kier alpha value is -1.16. The van der Waals surface area contributed by atoms with Crippen LogP contribution in [-0.4, -0.2) is 28.1 Å². The summed E-state index contributed by atoms with van der Waals surface area (Å²) in [5, 5.41) is 12.0. The Morgan fingerprint density at radius 3 is 2.84 bits per heavy atom. The molecule has 1 aromatic heterocycles. The molecular formula is C15H18BrN3. The lowest BCUT2D eigenvalue weighted by atomic mass is 9.91. The van der Waals surface area contributed by atoms with Crippen LogP contribution < -0.4 is 4.90 Å². The van der Waals surface area contributed by atoms with Gasteiger partial charge >= 0.3 is 0 Å². The van der Waals surface area contributed by atoms with Crippen LogP contribution in [0.4, 0.5) is 5.82 Å². The van der Waals surface area contributed by atoms with Gasteiger partial charge in [-0.1, -0.05) is 40.2 Å². The number of fused-ring (bicyclic) bond motifs is 1. The molecule has 0 atom stereocenters. The maximum Gasteiger partial charge on any atom is 0.159 e. The summed E-state index contributed by atoms with van der Waals surface area (Å²) in [6, 6.07) is 9.05. The molecule has 0 radical (unpaired) electrons. The first kappa shape index (κ1) is 12.9. The molecule has 0 aliphatic heterocycles. The number of aromatic nitrogens is 2. The zero-order valence-corrected chi connectivity index (χ0v) is 12.5. The highest BCUT2D eigenvalue weighted by molar-refractivity contribution is 9.09. The van der Waals surface area contributed by atoms with Crippen molar-refractivity contribution in [2.75, 3.05) is 16.8 Å². The summed E-state index contributed by atoms with van der Waals surface area (Å²) in [5.74, 6) is 1.06. The standard InChI is InChI=1S/C15H18BrN3/c16-9-4-10-19(13-6-3-7-13)15-14-8-2-1-5-12(14)11-17-18-15/h1-2,5,8,11,13H,3-4,6-7,9-10H2. The van der Waals surface area contributed by atoms with Gasteiger partial charge in [0, 0.05) is 28.7 Å². The maximum absolute atomic E-state index is 4.42. The zero-order chi connectivity index (χ0) is 13.1. The Morgan fingerprint density at radius 2 is 2.11 bits per heavy atom. The smallest absolute Gasteiger partial charge is 0.159 e. The number of hydrogen-bond acceptors (Lipinski definition) is 3. The van der Waals surface area contributed by atoms with Gasteiger partial charge in [-0.25, -0.2) is 0 Å². The molecule has 0 unspecified atom stereocenters. The number of halogens is 1.